The van der Waals surface area contributed by atoms with Gasteiger partial charge in [-0.1, -0.05) is 12.1 Å². The van der Waals surface area contributed by atoms with Crippen LogP contribution in [-0.4, -0.2) is 31.2 Å². The van der Waals surface area contributed by atoms with Gasteiger partial charge >= 0.3 is 0 Å². The van der Waals surface area contributed by atoms with Crippen LogP contribution >= 0.6 is 11.3 Å². The number of benzene rings is 2. The van der Waals surface area contributed by atoms with Crippen LogP contribution in [0.2, 0.25) is 0 Å². The predicted molar refractivity (Wildman–Crippen MR) is 100 cm³/mol. The van der Waals surface area contributed by atoms with Gasteiger partial charge in [0.1, 0.15) is 6.61 Å². The Morgan fingerprint density at radius 3 is 2.85 bits per heavy atom. The smallest absolute Gasteiger partial charge is 0.224 e. The molecule has 0 unspecified atom stereocenters. The fraction of sp³-hybridized carbons (Fsp3) is 0.263. The van der Waals surface area contributed by atoms with E-state index in [1.165, 1.54) is 12.1 Å². The molecule has 5 nitrogen and oxygen atoms in total. The summed E-state index contributed by atoms with van der Waals surface area (Å²) in [4.78, 5) is 16.6. The zero-order valence-corrected chi connectivity index (χ0v) is 15.1. The van der Waals surface area contributed by atoms with E-state index in [-0.39, 0.29) is 24.7 Å². The number of para-hydroxylation sites is 1. The molecule has 7 heteroatoms. The van der Waals surface area contributed by atoms with E-state index in [4.69, 9.17) is 9.47 Å². The maximum absolute atomic E-state index is 14.0. The van der Waals surface area contributed by atoms with Crippen LogP contribution in [0.25, 0.3) is 10.2 Å². The molecular formula is C19H19FN2O3S. The van der Waals surface area contributed by atoms with Gasteiger partial charge in [-0.25, -0.2) is 9.37 Å². The van der Waals surface area contributed by atoms with E-state index in [2.05, 4.69) is 10.3 Å². The molecule has 0 atom stereocenters. The maximum atomic E-state index is 14.0. The first-order valence-electron chi connectivity index (χ1n) is 8.21. The van der Waals surface area contributed by atoms with Crippen LogP contribution in [-0.2, 0) is 16.0 Å². The summed E-state index contributed by atoms with van der Waals surface area (Å²) in [6, 6.07) is 12.2. The van der Waals surface area contributed by atoms with Crippen molar-refractivity contribution in [1.82, 2.24) is 4.98 Å². The van der Waals surface area contributed by atoms with Crippen molar-refractivity contribution in [1.29, 1.82) is 0 Å². The first-order chi connectivity index (χ1) is 12.7. The number of hydrogen-bond acceptors (Lipinski definition) is 5. The number of carbonyl (C=O) groups is 1. The van der Waals surface area contributed by atoms with E-state index in [9.17, 15) is 9.18 Å². The quantitative estimate of drug-likeness (QED) is 0.605. The SMILES string of the molecule is COCCOc1ccc(NC(=O)CCc2nc3ccccc3s2)cc1F. The van der Waals surface area contributed by atoms with E-state index < -0.39 is 5.82 Å². The van der Waals surface area contributed by atoms with Crippen LogP contribution in [0.5, 0.6) is 5.75 Å². The number of nitrogens with one attached hydrogen (secondary N) is 1. The molecule has 1 amide bonds. The highest BCUT2D eigenvalue weighted by Gasteiger charge is 2.10. The monoisotopic (exact) mass is 374 g/mol. The van der Waals surface area contributed by atoms with Gasteiger partial charge in [0, 0.05) is 31.7 Å². The Morgan fingerprint density at radius 1 is 1.23 bits per heavy atom. The molecule has 136 valence electrons. The Hall–Kier alpha value is -2.51. The average molecular weight is 374 g/mol. The number of amides is 1. The molecular weight excluding hydrogens is 355 g/mol. The van der Waals surface area contributed by atoms with Crippen molar-refractivity contribution in [2.75, 3.05) is 25.6 Å². The van der Waals surface area contributed by atoms with Crippen LogP contribution < -0.4 is 10.1 Å². The van der Waals surface area contributed by atoms with Gasteiger partial charge in [-0.15, -0.1) is 11.3 Å². The van der Waals surface area contributed by atoms with Gasteiger partial charge in [-0.2, -0.15) is 0 Å². The third kappa shape index (κ3) is 4.77. The number of carbonyl (C=O) groups excluding carboxylic acids is 1. The zero-order valence-electron chi connectivity index (χ0n) is 14.3. The second-order valence-electron chi connectivity index (χ2n) is 5.61. The van der Waals surface area contributed by atoms with Crippen LogP contribution in [0.3, 0.4) is 0 Å². The largest absolute Gasteiger partial charge is 0.488 e. The molecule has 3 aromatic rings. The fourth-order valence-electron chi connectivity index (χ4n) is 2.40. The van der Waals surface area contributed by atoms with Gasteiger partial charge in [-0.3, -0.25) is 4.79 Å². The number of hydrogen-bond donors (Lipinski definition) is 1. The molecule has 1 heterocycles. The normalized spacial score (nSPS) is 10.8. The van der Waals surface area contributed by atoms with E-state index >= 15 is 0 Å². The summed E-state index contributed by atoms with van der Waals surface area (Å²) in [6.07, 6.45) is 0.833. The Balaban J connectivity index is 1.53. The number of anilines is 1. The second kappa shape index (κ2) is 8.73. The first-order valence-corrected chi connectivity index (χ1v) is 9.03. The van der Waals surface area contributed by atoms with Gasteiger partial charge in [0.15, 0.2) is 11.6 Å². The molecule has 0 aliphatic carbocycles. The molecule has 0 bridgehead atoms. The van der Waals surface area contributed by atoms with Gasteiger partial charge in [-0.05, 0) is 24.3 Å². The Morgan fingerprint density at radius 2 is 2.08 bits per heavy atom. The zero-order chi connectivity index (χ0) is 18.4. The number of aromatic nitrogens is 1. The standard InChI is InChI=1S/C19H19FN2O3S/c1-24-10-11-25-16-7-6-13(12-14(16)20)21-18(23)8-9-19-22-15-4-2-3-5-17(15)26-19/h2-7,12H,8-11H2,1H3,(H,21,23). The summed E-state index contributed by atoms with van der Waals surface area (Å²) in [5.74, 6) is -0.573. The summed E-state index contributed by atoms with van der Waals surface area (Å²) in [7, 11) is 1.55. The molecule has 0 fully saturated rings. The molecule has 2 aromatic carbocycles. The molecule has 0 saturated carbocycles. The summed E-state index contributed by atoms with van der Waals surface area (Å²) in [5, 5.41) is 3.61. The minimum atomic E-state index is -0.523. The van der Waals surface area contributed by atoms with Crippen molar-refractivity contribution in [2.45, 2.75) is 12.8 Å². The predicted octanol–water partition coefficient (Wildman–Crippen LogP) is 4.03. The Kier molecular flexibility index (Phi) is 6.14. The number of aryl methyl sites for hydroxylation is 1. The molecule has 0 radical (unpaired) electrons. The highest BCUT2D eigenvalue weighted by Crippen LogP contribution is 2.23. The fourth-order valence-corrected chi connectivity index (χ4v) is 3.37. The van der Waals surface area contributed by atoms with Crippen molar-refractivity contribution in [3.8, 4) is 5.75 Å². The Bertz CT molecular complexity index is 864. The van der Waals surface area contributed by atoms with E-state index in [1.54, 1.807) is 24.5 Å². The average Bonchev–Trinajstić information content (AvgIpc) is 3.05. The van der Waals surface area contributed by atoms with Gasteiger partial charge < -0.3 is 14.8 Å². The number of halogens is 1. The van der Waals surface area contributed by atoms with Crippen molar-refractivity contribution in [2.24, 2.45) is 0 Å². The molecule has 3 rings (SSSR count). The lowest BCUT2D eigenvalue weighted by Crippen LogP contribution is -2.12. The summed E-state index contributed by atoms with van der Waals surface area (Å²) in [6.45, 7) is 0.644. The lowest BCUT2D eigenvalue weighted by atomic mass is 10.2. The molecule has 0 aliphatic rings. The lowest BCUT2D eigenvalue weighted by Gasteiger charge is -2.09. The van der Waals surface area contributed by atoms with Crippen LogP contribution in [0.1, 0.15) is 11.4 Å². The number of thiazole rings is 1. The number of rotatable bonds is 8. The number of fused-ring (bicyclic) bond motifs is 1. The van der Waals surface area contributed by atoms with Gasteiger partial charge in [0.05, 0.1) is 21.8 Å². The topological polar surface area (TPSA) is 60.5 Å². The molecule has 1 N–H and O–H groups in total. The molecule has 0 saturated heterocycles. The third-order valence-electron chi connectivity index (χ3n) is 3.66. The van der Waals surface area contributed by atoms with Crippen molar-refractivity contribution >= 4 is 33.1 Å². The highest BCUT2D eigenvalue weighted by molar-refractivity contribution is 7.18. The van der Waals surface area contributed by atoms with Gasteiger partial charge in [0.25, 0.3) is 0 Å². The molecule has 0 spiro atoms. The molecule has 0 aliphatic heterocycles. The summed E-state index contributed by atoms with van der Waals surface area (Å²) < 4.78 is 25.2. The minimum absolute atomic E-state index is 0.134. The van der Waals surface area contributed by atoms with Gasteiger partial charge in [0.2, 0.25) is 5.91 Å². The Labute approximate surface area is 154 Å². The molecule has 1 aromatic heterocycles. The maximum Gasteiger partial charge on any atom is 0.224 e. The second-order valence-corrected chi connectivity index (χ2v) is 6.73. The number of methoxy groups -OCH3 is 1. The molecule has 26 heavy (non-hydrogen) atoms. The number of nitrogens with zero attached hydrogens (tertiary/aromatic N) is 1. The third-order valence-corrected chi connectivity index (χ3v) is 4.76. The summed E-state index contributed by atoms with van der Waals surface area (Å²) >= 11 is 1.58. The van der Waals surface area contributed by atoms with Crippen LogP contribution in [0, 0.1) is 5.82 Å². The van der Waals surface area contributed by atoms with E-state index in [1.807, 2.05) is 24.3 Å². The first kappa shape index (κ1) is 18.3. The minimum Gasteiger partial charge on any atom is -0.488 e. The van der Waals surface area contributed by atoms with Crippen LogP contribution in [0.15, 0.2) is 42.5 Å². The number of ether oxygens (including phenoxy) is 2. The van der Waals surface area contributed by atoms with E-state index in [0.717, 1.165) is 15.2 Å². The van der Waals surface area contributed by atoms with E-state index in [0.29, 0.717) is 18.7 Å². The van der Waals surface area contributed by atoms with Crippen molar-refractivity contribution in [3.05, 3.63) is 53.3 Å². The summed E-state index contributed by atoms with van der Waals surface area (Å²) in [5.41, 5.74) is 1.34. The van der Waals surface area contributed by atoms with Crippen LogP contribution in [0.4, 0.5) is 10.1 Å². The van der Waals surface area contributed by atoms with Crippen molar-refractivity contribution in [3.63, 3.8) is 0 Å². The highest BCUT2D eigenvalue weighted by atomic mass is 32.1. The lowest BCUT2D eigenvalue weighted by molar-refractivity contribution is -0.116. The van der Waals surface area contributed by atoms with Crippen molar-refractivity contribution < 1.29 is 18.7 Å².